The van der Waals surface area contributed by atoms with Crippen molar-refractivity contribution >= 4 is 61.9 Å². The van der Waals surface area contributed by atoms with Gasteiger partial charge in [0.1, 0.15) is 5.82 Å². The monoisotopic (exact) mass is 453 g/mol. The molecular weight excluding hydrogens is 441 g/mol. The number of thioether (sulfide) groups is 1. The maximum Gasteiger partial charge on any atom is 0.270 e. The number of carbonyl (C=O) groups is 1. The average molecular weight is 454 g/mol. The second kappa shape index (κ2) is 7.77. The Morgan fingerprint density at radius 2 is 2.12 bits per heavy atom. The standard InChI is InChI=1S/C18H13BrFNO3S2/c1-2-24-14-8-10(7-11(19)16(14)22)9-15-17(23)21(18(25)26-15)13-6-4-3-5-12(13)20/h3-9,22H,2H2,1H3/b15-9-. The highest BCUT2D eigenvalue weighted by Crippen LogP contribution is 2.40. The first-order valence-corrected chi connectivity index (χ1v) is 9.62. The van der Waals surface area contributed by atoms with Crippen LogP contribution in [0, 0.1) is 5.82 Å². The first-order chi connectivity index (χ1) is 12.4. The summed E-state index contributed by atoms with van der Waals surface area (Å²) in [4.78, 5) is 14.3. The SMILES string of the molecule is CCOc1cc(/C=C2\SC(=S)N(c3ccccc3F)C2=O)cc(Br)c1O. The van der Waals surface area contributed by atoms with Crippen molar-refractivity contribution in [3.05, 3.63) is 57.2 Å². The van der Waals surface area contributed by atoms with Crippen LogP contribution in [0.3, 0.4) is 0 Å². The van der Waals surface area contributed by atoms with E-state index in [0.29, 0.717) is 27.3 Å². The smallest absolute Gasteiger partial charge is 0.270 e. The summed E-state index contributed by atoms with van der Waals surface area (Å²) in [5.41, 5.74) is 0.771. The molecule has 0 atom stereocenters. The zero-order valence-electron chi connectivity index (χ0n) is 13.5. The molecule has 0 radical (unpaired) electrons. The van der Waals surface area contributed by atoms with Crippen LogP contribution in [-0.2, 0) is 4.79 Å². The summed E-state index contributed by atoms with van der Waals surface area (Å²) >= 11 is 9.61. The summed E-state index contributed by atoms with van der Waals surface area (Å²) in [6.45, 7) is 2.19. The number of halogens is 2. The zero-order valence-corrected chi connectivity index (χ0v) is 16.8. The van der Waals surface area contributed by atoms with Gasteiger partial charge in [-0.15, -0.1) is 0 Å². The number of phenols is 1. The van der Waals surface area contributed by atoms with Crippen LogP contribution in [0.4, 0.5) is 10.1 Å². The van der Waals surface area contributed by atoms with Gasteiger partial charge in [0.2, 0.25) is 0 Å². The van der Waals surface area contributed by atoms with E-state index in [1.807, 2.05) is 0 Å². The van der Waals surface area contributed by atoms with Gasteiger partial charge in [0.15, 0.2) is 15.8 Å². The number of amides is 1. The predicted octanol–water partition coefficient (Wildman–Crippen LogP) is 5.10. The van der Waals surface area contributed by atoms with Gasteiger partial charge in [-0.2, -0.15) is 0 Å². The molecule has 26 heavy (non-hydrogen) atoms. The molecule has 2 aromatic rings. The molecule has 0 bridgehead atoms. The molecule has 134 valence electrons. The molecule has 1 fully saturated rings. The molecule has 1 amide bonds. The molecule has 0 unspecified atom stereocenters. The van der Waals surface area contributed by atoms with Crippen molar-refractivity contribution < 1.29 is 19.0 Å². The van der Waals surface area contributed by atoms with E-state index in [1.165, 1.54) is 17.0 Å². The van der Waals surface area contributed by atoms with Crippen molar-refractivity contribution in [1.29, 1.82) is 0 Å². The molecule has 1 heterocycles. The molecule has 0 saturated carbocycles. The quantitative estimate of drug-likeness (QED) is 0.515. The third-order valence-electron chi connectivity index (χ3n) is 3.54. The molecule has 0 spiro atoms. The first kappa shape index (κ1) is 18.9. The summed E-state index contributed by atoms with van der Waals surface area (Å²) in [7, 11) is 0. The fraction of sp³-hybridized carbons (Fsp3) is 0.111. The van der Waals surface area contributed by atoms with E-state index in [0.717, 1.165) is 11.8 Å². The molecule has 1 aliphatic rings. The first-order valence-electron chi connectivity index (χ1n) is 7.60. The summed E-state index contributed by atoms with van der Waals surface area (Å²) in [6.07, 6.45) is 1.63. The minimum Gasteiger partial charge on any atom is -0.503 e. The predicted molar refractivity (Wildman–Crippen MR) is 109 cm³/mol. The summed E-state index contributed by atoms with van der Waals surface area (Å²) < 4.78 is 20.1. The van der Waals surface area contributed by atoms with Crippen LogP contribution in [-0.4, -0.2) is 21.9 Å². The van der Waals surface area contributed by atoms with Crippen LogP contribution in [0.5, 0.6) is 11.5 Å². The number of hydrogen-bond acceptors (Lipinski definition) is 5. The van der Waals surface area contributed by atoms with Crippen LogP contribution in [0.1, 0.15) is 12.5 Å². The number of ether oxygens (including phenoxy) is 1. The van der Waals surface area contributed by atoms with Crippen molar-refractivity contribution in [2.45, 2.75) is 6.92 Å². The van der Waals surface area contributed by atoms with Crippen LogP contribution in [0.2, 0.25) is 0 Å². The minimum atomic E-state index is -0.518. The van der Waals surface area contributed by atoms with Gasteiger partial charge < -0.3 is 9.84 Å². The molecule has 0 aromatic heterocycles. The Bertz CT molecular complexity index is 933. The van der Waals surface area contributed by atoms with Crippen molar-refractivity contribution in [3.63, 3.8) is 0 Å². The number of thiocarbonyl (C=S) groups is 1. The van der Waals surface area contributed by atoms with Gasteiger partial charge in [-0.25, -0.2) is 4.39 Å². The maximum atomic E-state index is 14.0. The Morgan fingerprint density at radius 1 is 1.38 bits per heavy atom. The van der Waals surface area contributed by atoms with E-state index in [1.54, 1.807) is 37.3 Å². The van der Waals surface area contributed by atoms with E-state index < -0.39 is 11.7 Å². The molecule has 8 heteroatoms. The van der Waals surface area contributed by atoms with E-state index in [4.69, 9.17) is 17.0 Å². The number of hydrogen-bond donors (Lipinski definition) is 1. The number of phenolic OH excluding ortho intramolecular Hbond substituents is 1. The lowest BCUT2D eigenvalue weighted by Gasteiger charge is -2.14. The topological polar surface area (TPSA) is 49.8 Å². The Hall–Kier alpha value is -1.90. The van der Waals surface area contributed by atoms with E-state index >= 15 is 0 Å². The number of rotatable bonds is 4. The Balaban J connectivity index is 1.97. The lowest BCUT2D eigenvalue weighted by molar-refractivity contribution is -0.113. The Labute approximate surface area is 167 Å². The molecule has 1 saturated heterocycles. The van der Waals surface area contributed by atoms with Crippen LogP contribution in [0.25, 0.3) is 6.08 Å². The highest BCUT2D eigenvalue weighted by Gasteiger charge is 2.34. The number of benzene rings is 2. The number of aromatic hydroxyl groups is 1. The molecule has 1 N–H and O–H groups in total. The van der Waals surface area contributed by atoms with Crippen molar-refractivity contribution in [2.75, 3.05) is 11.5 Å². The molecule has 1 aliphatic heterocycles. The fourth-order valence-corrected chi connectivity index (χ4v) is 4.15. The molecule has 3 rings (SSSR count). The van der Waals surface area contributed by atoms with Gasteiger partial charge in [0, 0.05) is 0 Å². The summed E-state index contributed by atoms with van der Waals surface area (Å²) in [5, 5.41) is 9.99. The third-order valence-corrected chi connectivity index (χ3v) is 5.44. The maximum absolute atomic E-state index is 14.0. The zero-order chi connectivity index (χ0) is 18.8. The van der Waals surface area contributed by atoms with Crippen molar-refractivity contribution in [3.8, 4) is 11.5 Å². The molecule has 0 aliphatic carbocycles. The highest BCUT2D eigenvalue weighted by molar-refractivity contribution is 9.10. The minimum absolute atomic E-state index is 0.0112. The van der Waals surface area contributed by atoms with Gasteiger partial charge in [0.25, 0.3) is 5.91 Å². The summed E-state index contributed by atoms with van der Waals surface area (Å²) in [5.74, 6) is -0.621. The van der Waals surface area contributed by atoms with Gasteiger partial charge in [0.05, 0.1) is 21.7 Å². The van der Waals surface area contributed by atoms with Crippen LogP contribution in [0.15, 0.2) is 45.8 Å². The number of anilines is 1. The second-order valence-electron chi connectivity index (χ2n) is 5.25. The number of carbonyl (C=O) groups excluding carboxylic acids is 1. The average Bonchev–Trinajstić information content (AvgIpc) is 2.87. The second-order valence-corrected chi connectivity index (χ2v) is 7.78. The van der Waals surface area contributed by atoms with E-state index in [9.17, 15) is 14.3 Å². The van der Waals surface area contributed by atoms with E-state index in [2.05, 4.69) is 15.9 Å². The molecular formula is C18H13BrFNO3S2. The van der Waals surface area contributed by atoms with Gasteiger partial charge >= 0.3 is 0 Å². The lowest BCUT2D eigenvalue weighted by atomic mass is 10.2. The van der Waals surface area contributed by atoms with Gasteiger partial charge in [-0.05, 0) is 58.8 Å². The third kappa shape index (κ3) is 3.62. The van der Waals surface area contributed by atoms with Gasteiger partial charge in [-0.1, -0.05) is 36.1 Å². The Morgan fingerprint density at radius 3 is 2.81 bits per heavy atom. The number of nitrogens with zero attached hydrogens (tertiary/aromatic N) is 1. The Kier molecular flexibility index (Phi) is 5.64. The normalized spacial score (nSPS) is 15.8. The van der Waals surface area contributed by atoms with Crippen LogP contribution < -0.4 is 9.64 Å². The fourth-order valence-electron chi connectivity index (χ4n) is 2.40. The number of para-hydroxylation sites is 1. The summed E-state index contributed by atoms with van der Waals surface area (Å²) in [6, 6.07) is 9.27. The van der Waals surface area contributed by atoms with Crippen molar-refractivity contribution in [1.82, 2.24) is 0 Å². The molecule has 4 nitrogen and oxygen atoms in total. The van der Waals surface area contributed by atoms with E-state index in [-0.39, 0.29) is 15.8 Å². The van der Waals surface area contributed by atoms with Gasteiger partial charge in [-0.3, -0.25) is 9.69 Å². The highest BCUT2D eigenvalue weighted by atomic mass is 79.9. The molecule has 2 aromatic carbocycles. The lowest BCUT2D eigenvalue weighted by Crippen LogP contribution is -2.28. The van der Waals surface area contributed by atoms with Crippen molar-refractivity contribution in [2.24, 2.45) is 0 Å². The largest absolute Gasteiger partial charge is 0.503 e. The van der Waals surface area contributed by atoms with Crippen LogP contribution >= 0.6 is 39.9 Å².